The summed E-state index contributed by atoms with van der Waals surface area (Å²) >= 11 is 0. The Morgan fingerprint density at radius 2 is 2.53 bits per heavy atom. The summed E-state index contributed by atoms with van der Waals surface area (Å²) < 4.78 is 5.45. The van der Waals surface area contributed by atoms with Crippen molar-refractivity contribution in [3.05, 3.63) is 23.9 Å². The Morgan fingerprint density at radius 1 is 1.65 bits per heavy atom. The molecule has 5 nitrogen and oxygen atoms in total. The van der Waals surface area contributed by atoms with Gasteiger partial charge in [-0.1, -0.05) is 0 Å². The molecule has 92 valence electrons. The number of ether oxygens (including phenoxy) is 1. The molecule has 2 rings (SSSR count). The van der Waals surface area contributed by atoms with Gasteiger partial charge in [-0.25, -0.2) is 4.98 Å². The Balaban J connectivity index is 1.94. The number of nitrogens with zero attached hydrogens (tertiary/aromatic N) is 1. The number of carbonyl (C=O) groups excluding carboxylic acids is 1. The van der Waals surface area contributed by atoms with Gasteiger partial charge in [0, 0.05) is 26.4 Å². The summed E-state index contributed by atoms with van der Waals surface area (Å²) in [5, 5.41) is 5.77. The van der Waals surface area contributed by atoms with Gasteiger partial charge in [0.1, 0.15) is 5.82 Å². The quantitative estimate of drug-likeness (QED) is 0.818. The summed E-state index contributed by atoms with van der Waals surface area (Å²) in [4.78, 5) is 16.0. The van der Waals surface area contributed by atoms with Crippen molar-refractivity contribution in [2.24, 2.45) is 0 Å². The van der Waals surface area contributed by atoms with Gasteiger partial charge in [0.05, 0.1) is 11.7 Å². The van der Waals surface area contributed by atoms with Crippen LogP contribution in [-0.4, -0.2) is 37.2 Å². The van der Waals surface area contributed by atoms with Gasteiger partial charge in [0.15, 0.2) is 0 Å². The van der Waals surface area contributed by atoms with E-state index in [0.29, 0.717) is 17.9 Å². The second kappa shape index (κ2) is 5.63. The Morgan fingerprint density at radius 3 is 3.24 bits per heavy atom. The monoisotopic (exact) mass is 235 g/mol. The number of amides is 1. The van der Waals surface area contributed by atoms with Crippen molar-refractivity contribution in [1.29, 1.82) is 0 Å². The van der Waals surface area contributed by atoms with Crippen LogP contribution < -0.4 is 10.6 Å². The minimum Gasteiger partial charge on any atom is -0.376 e. The van der Waals surface area contributed by atoms with Crippen LogP contribution in [0.4, 0.5) is 5.82 Å². The fourth-order valence-electron chi connectivity index (χ4n) is 1.89. The Hall–Kier alpha value is -1.62. The van der Waals surface area contributed by atoms with Crippen molar-refractivity contribution < 1.29 is 9.53 Å². The lowest BCUT2D eigenvalue weighted by molar-refractivity contribution is 0.0858. The highest BCUT2D eigenvalue weighted by Gasteiger charge is 2.17. The third kappa shape index (κ3) is 2.94. The number of hydrogen-bond acceptors (Lipinski definition) is 4. The summed E-state index contributed by atoms with van der Waals surface area (Å²) in [5.41, 5.74) is 0.563. The van der Waals surface area contributed by atoms with Gasteiger partial charge in [0.25, 0.3) is 5.91 Å². The van der Waals surface area contributed by atoms with E-state index < -0.39 is 0 Å². The molecule has 1 fully saturated rings. The molecule has 1 unspecified atom stereocenters. The number of pyridine rings is 1. The van der Waals surface area contributed by atoms with Crippen LogP contribution in [0.2, 0.25) is 0 Å². The molecule has 0 radical (unpaired) electrons. The lowest BCUT2D eigenvalue weighted by atomic mass is 10.2. The Bertz CT molecular complexity index is 389. The number of carbonyl (C=O) groups is 1. The summed E-state index contributed by atoms with van der Waals surface area (Å²) in [6, 6.07) is 3.51. The van der Waals surface area contributed by atoms with Crippen molar-refractivity contribution in [1.82, 2.24) is 10.3 Å². The standard InChI is InChI=1S/C12H17N3O2/c1-13-11-10(5-2-6-14-11)12(16)15-8-9-4-3-7-17-9/h2,5-6,9H,3-4,7-8H2,1H3,(H,13,14)(H,15,16). The molecule has 1 atom stereocenters. The van der Waals surface area contributed by atoms with Crippen LogP contribution >= 0.6 is 0 Å². The van der Waals surface area contributed by atoms with Crippen LogP contribution in [0.5, 0.6) is 0 Å². The summed E-state index contributed by atoms with van der Waals surface area (Å²) in [6.45, 7) is 1.37. The van der Waals surface area contributed by atoms with Crippen molar-refractivity contribution in [3.8, 4) is 0 Å². The molecule has 0 aromatic carbocycles. The predicted octanol–water partition coefficient (Wildman–Crippen LogP) is 1.03. The second-order valence-electron chi connectivity index (χ2n) is 3.99. The zero-order chi connectivity index (χ0) is 12.1. The zero-order valence-corrected chi connectivity index (χ0v) is 9.90. The number of hydrogen-bond donors (Lipinski definition) is 2. The summed E-state index contributed by atoms with van der Waals surface area (Å²) in [7, 11) is 1.75. The maximum Gasteiger partial charge on any atom is 0.255 e. The smallest absolute Gasteiger partial charge is 0.255 e. The number of aromatic nitrogens is 1. The first kappa shape index (κ1) is 11.9. The average molecular weight is 235 g/mol. The molecular weight excluding hydrogens is 218 g/mol. The molecule has 5 heteroatoms. The van der Waals surface area contributed by atoms with Crippen molar-refractivity contribution in [3.63, 3.8) is 0 Å². The first-order valence-electron chi connectivity index (χ1n) is 5.84. The topological polar surface area (TPSA) is 63.2 Å². The first-order chi connectivity index (χ1) is 8.31. The van der Waals surface area contributed by atoms with Crippen LogP contribution in [-0.2, 0) is 4.74 Å². The van der Waals surface area contributed by atoms with Gasteiger partial charge in [-0.2, -0.15) is 0 Å². The highest BCUT2D eigenvalue weighted by molar-refractivity contribution is 5.98. The van der Waals surface area contributed by atoms with Gasteiger partial charge in [-0.3, -0.25) is 4.79 Å². The first-order valence-corrected chi connectivity index (χ1v) is 5.84. The van der Waals surface area contributed by atoms with Crippen LogP contribution in [0.15, 0.2) is 18.3 Å². The van der Waals surface area contributed by atoms with E-state index in [1.165, 1.54) is 0 Å². The van der Waals surface area contributed by atoms with E-state index >= 15 is 0 Å². The highest BCUT2D eigenvalue weighted by Crippen LogP contribution is 2.12. The van der Waals surface area contributed by atoms with Crippen LogP contribution in [0.25, 0.3) is 0 Å². The van der Waals surface area contributed by atoms with E-state index in [0.717, 1.165) is 19.4 Å². The predicted molar refractivity (Wildman–Crippen MR) is 65.1 cm³/mol. The number of anilines is 1. The third-order valence-electron chi connectivity index (χ3n) is 2.80. The third-order valence-corrected chi connectivity index (χ3v) is 2.80. The maximum atomic E-state index is 11.9. The fourth-order valence-corrected chi connectivity index (χ4v) is 1.89. The van der Waals surface area contributed by atoms with Crippen molar-refractivity contribution in [2.75, 3.05) is 25.5 Å². The van der Waals surface area contributed by atoms with E-state index in [9.17, 15) is 4.79 Å². The van der Waals surface area contributed by atoms with E-state index in [-0.39, 0.29) is 12.0 Å². The van der Waals surface area contributed by atoms with E-state index in [1.807, 2.05) is 0 Å². The van der Waals surface area contributed by atoms with Gasteiger partial charge in [-0.05, 0) is 25.0 Å². The second-order valence-corrected chi connectivity index (χ2v) is 3.99. The van der Waals surface area contributed by atoms with Crippen LogP contribution in [0, 0.1) is 0 Å². The molecule has 1 aromatic heterocycles. The SMILES string of the molecule is CNc1ncccc1C(=O)NCC1CCCO1. The molecule has 0 aliphatic carbocycles. The number of rotatable bonds is 4. The molecule has 1 aliphatic rings. The molecule has 0 spiro atoms. The Labute approximate surface area is 101 Å². The zero-order valence-electron chi connectivity index (χ0n) is 9.90. The van der Waals surface area contributed by atoms with Gasteiger partial charge < -0.3 is 15.4 Å². The van der Waals surface area contributed by atoms with Crippen molar-refractivity contribution in [2.45, 2.75) is 18.9 Å². The van der Waals surface area contributed by atoms with Crippen LogP contribution in [0.1, 0.15) is 23.2 Å². The molecule has 0 saturated carbocycles. The normalized spacial score (nSPS) is 19.0. The molecule has 17 heavy (non-hydrogen) atoms. The average Bonchev–Trinajstić information content (AvgIpc) is 2.89. The lowest BCUT2D eigenvalue weighted by Gasteiger charge is -2.12. The van der Waals surface area contributed by atoms with E-state index in [2.05, 4.69) is 15.6 Å². The van der Waals surface area contributed by atoms with E-state index in [4.69, 9.17) is 4.74 Å². The fraction of sp³-hybridized carbons (Fsp3) is 0.500. The molecule has 2 heterocycles. The number of nitrogens with one attached hydrogen (secondary N) is 2. The minimum absolute atomic E-state index is 0.113. The molecular formula is C12H17N3O2. The molecule has 2 N–H and O–H groups in total. The molecule has 0 bridgehead atoms. The van der Waals surface area contributed by atoms with Crippen molar-refractivity contribution >= 4 is 11.7 Å². The van der Waals surface area contributed by atoms with E-state index in [1.54, 1.807) is 25.4 Å². The largest absolute Gasteiger partial charge is 0.376 e. The highest BCUT2D eigenvalue weighted by atomic mass is 16.5. The molecule has 1 saturated heterocycles. The maximum absolute atomic E-state index is 11.9. The molecule has 1 amide bonds. The van der Waals surface area contributed by atoms with Gasteiger partial charge in [0.2, 0.25) is 0 Å². The lowest BCUT2D eigenvalue weighted by Crippen LogP contribution is -2.32. The molecule has 1 aromatic rings. The summed E-state index contributed by atoms with van der Waals surface area (Å²) in [6.07, 6.45) is 3.91. The molecule has 1 aliphatic heterocycles. The van der Waals surface area contributed by atoms with Gasteiger partial charge >= 0.3 is 0 Å². The minimum atomic E-state index is -0.113. The Kier molecular flexibility index (Phi) is 3.93. The summed E-state index contributed by atoms with van der Waals surface area (Å²) in [5.74, 6) is 0.482. The van der Waals surface area contributed by atoms with Gasteiger partial charge in [-0.15, -0.1) is 0 Å². The van der Waals surface area contributed by atoms with Crippen LogP contribution in [0.3, 0.4) is 0 Å².